The van der Waals surface area contributed by atoms with E-state index in [9.17, 15) is 0 Å². The summed E-state index contributed by atoms with van der Waals surface area (Å²) in [5.74, 6) is 0.373. The molecule has 4 N–H and O–H groups in total. The van der Waals surface area contributed by atoms with Gasteiger partial charge in [0.25, 0.3) is 0 Å². The van der Waals surface area contributed by atoms with Crippen molar-refractivity contribution in [1.29, 1.82) is 0 Å². The molecule has 4 nitrogen and oxygen atoms in total. The molecule has 5 heteroatoms. The van der Waals surface area contributed by atoms with Gasteiger partial charge in [0.05, 0.1) is 0 Å². The summed E-state index contributed by atoms with van der Waals surface area (Å²) < 4.78 is 0. The minimum Gasteiger partial charge on any atom is -0.423 e. The van der Waals surface area contributed by atoms with Crippen LogP contribution < -0.4 is 11.2 Å². The average molecular weight is 228 g/mol. The Balaban J connectivity index is 2.50. The maximum absolute atomic E-state index is 9.10. The molecule has 0 aliphatic carbocycles. The summed E-state index contributed by atoms with van der Waals surface area (Å²) in [6.07, 6.45) is 1.36. The fourth-order valence-corrected chi connectivity index (χ4v) is 1.60. The molecule has 0 saturated carbocycles. The zero-order valence-corrected chi connectivity index (χ0v) is 9.46. The second kappa shape index (κ2) is 4.57. The predicted octanol–water partition coefficient (Wildman–Crippen LogP) is 0.319. The third-order valence-electron chi connectivity index (χ3n) is 2.60. The number of aryl methyl sites for hydroxylation is 1. The van der Waals surface area contributed by atoms with Gasteiger partial charge in [0.1, 0.15) is 5.82 Å². The molecule has 1 heterocycles. The largest absolute Gasteiger partial charge is 0.490 e. The molecule has 0 aliphatic rings. The minimum absolute atomic E-state index is 0.328. The number of benzene rings is 1. The number of hydrogen-bond acceptors (Lipinski definition) is 4. The highest BCUT2D eigenvalue weighted by Gasteiger charge is 2.14. The van der Waals surface area contributed by atoms with Gasteiger partial charge in [0.2, 0.25) is 0 Å². The van der Waals surface area contributed by atoms with E-state index in [1.54, 1.807) is 6.07 Å². The highest BCUT2D eigenvalue weighted by atomic mass is 16.4. The first kappa shape index (κ1) is 11.6. The zero-order chi connectivity index (χ0) is 12.4. The SMILES string of the molecule is Cc1ccc(-c2cc(B(O)O)cnc2N)cc1. The van der Waals surface area contributed by atoms with Gasteiger partial charge in [-0.2, -0.15) is 0 Å². The average Bonchev–Trinajstić information content (AvgIpc) is 2.31. The predicted molar refractivity (Wildman–Crippen MR) is 68.6 cm³/mol. The maximum atomic E-state index is 9.10. The van der Waals surface area contributed by atoms with Crippen LogP contribution in [0.1, 0.15) is 5.56 Å². The van der Waals surface area contributed by atoms with Crippen molar-refractivity contribution in [2.75, 3.05) is 5.73 Å². The van der Waals surface area contributed by atoms with E-state index in [1.165, 1.54) is 6.20 Å². The van der Waals surface area contributed by atoms with E-state index < -0.39 is 7.12 Å². The summed E-state index contributed by atoms with van der Waals surface area (Å²) in [5, 5.41) is 18.2. The second-order valence-corrected chi connectivity index (χ2v) is 3.94. The van der Waals surface area contributed by atoms with Gasteiger partial charge in [0, 0.05) is 17.2 Å². The molecule has 0 aliphatic heterocycles. The molecule has 86 valence electrons. The van der Waals surface area contributed by atoms with E-state index >= 15 is 0 Å². The van der Waals surface area contributed by atoms with Crippen LogP contribution in [0.15, 0.2) is 36.5 Å². The Kier molecular flexibility index (Phi) is 3.13. The van der Waals surface area contributed by atoms with Crippen molar-refractivity contribution in [3.05, 3.63) is 42.1 Å². The first-order chi connectivity index (χ1) is 8.08. The van der Waals surface area contributed by atoms with Gasteiger partial charge in [-0.05, 0) is 18.6 Å². The fraction of sp³-hybridized carbons (Fsp3) is 0.0833. The van der Waals surface area contributed by atoms with Crippen molar-refractivity contribution in [2.24, 2.45) is 0 Å². The van der Waals surface area contributed by atoms with Gasteiger partial charge in [-0.3, -0.25) is 0 Å². The lowest BCUT2D eigenvalue weighted by atomic mass is 9.80. The summed E-state index contributed by atoms with van der Waals surface area (Å²) in [6, 6.07) is 9.43. The van der Waals surface area contributed by atoms with E-state index in [2.05, 4.69) is 4.98 Å². The summed E-state index contributed by atoms with van der Waals surface area (Å²) in [5.41, 5.74) is 8.88. The van der Waals surface area contributed by atoms with Crippen molar-refractivity contribution < 1.29 is 10.0 Å². The Morgan fingerprint density at radius 2 is 1.82 bits per heavy atom. The normalized spacial score (nSPS) is 10.3. The molecule has 0 saturated heterocycles. The van der Waals surface area contributed by atoms with E-state index in [0.29, 0.717) is 16.8 Å². The zero-order valence-electron chi connectivity index (χ0n) is 9.46. The molecule has 0 atom stereocenters. The van der Waals surface area contributed by atoms with Crippen LogP contribution in [0.25, 0.3) is 11.1 Å². The molecular formula is C12H13BN2O2. The van der Waals surface area contributed by atoms with Gasteiger partial charge in [-0.1, -0.05) is 29.8 Å². The van der Waals surface area contributed by atoms with E-state index in [0.717, 1.165) is 11.1 Å². The van der Waals surface area contributed by atoms with Crippen LogP contribution >= 0.6 is 0 Å². The lowest BCUT2D eigenvalue weighted by molar-refractivity contribution is 0.425. The number of nitrogen functional groups attached to an aromatic ring is 1. The highest BCUT2D eigenvalue weighted by Crippen LogP contribution is 2.23. The number of anilines is 1. The van der Waals surface area contributed by atoms with Crippen LogP contribution in [0.2, 0.25) is 0 Å². The Morgan fingerprint density at radius 1 is 1.18 bits per heavy atom. The van der Waals surface area contributed by atoms with Gasteiger partial charge in [0.15, 0.2) is 0 Å². The number of nitrogens with zero attached hydrogens (tertiary/aromatic N) is 1. The third kappa shape index (κ3) is 2.46. The topological polar surface area (TPSA) is 79.4 Å². The van der Waals surface area contributed by atoms with Crippen molar-refractivity contribution in [1.82, 2.24) is 4.98 Å². The molecule has 0 amide bonds. The van der Waals surface area contributed by atoms with Crippen molar-refractivity contribution in [2.45, 2.75) is 6.92 Å². The molecule has 0 spiro atoms. The van der Waals surface area contributed by atoms with Gasteiger partial charge in [-0.25, -0.2) is 4.98 Å². The number of nitrogens with two attached hydrogens (primary N) is 1. The Bertz CT molecular complexity index is 527. The highest BCUT2D eigenvalue weighted by molar-refractivity contribution is 6.58. The molecule has 1 aromatic heterocycles. The third-order valence-corrected chi connectivity index (χ3v) is 2.60. The van der Waals surface area contributed by atoms with Crippen molar-refractivity contribution in [3.63, 3.8) is 0 Å². The standard InChI is InChI=1S/C12H13BN2O2/c1-8-2-4-9(5-3-8)11-6-10(13(16)17)7-15-12(11)14/h2-7,16-17H,1H3,(H2,14,15). The van der Waals surface area contributed by atoms with Crippen LogP contribution in [-0.2, 0) is 0 Å². The number of hydrogen-bond donors (Lipinski definition) is 3. The lowest BCUT2D eigenvalue weighted by Gasteiger charge is -2.08. The van der Waals surface area contributed by atoms with Crippen LogP contribution in [0.5, 0.6) is 0 Å². The Hall–Kier alpha value is -1.85. The van der Waals surface area contributed by atoms with Gasteiger partial charge >= 0.3 is 7.12 Å². The van der Waals surface area contributed by atoms with Crippen LogP contribution in [0.4, 0.5) is 5.82 Å². The van der Waals surface area contributed by atoms with Crippen LogP contribution in [0.3, 0.4) is 0 Å². The van der Waals surface area contributed by atoms with Crippen molar-refractivity contribution in [3.8, 4) is 11.1 Å². The molecule has 0 unspecified atom stereocenters. The quantitative estimate of drug-likeness (QED) is 0.646. The molecule has 1 aromatic carbocycles. The molecular weight excluding hydrogens is 215 g/mol. The molecule has 2 aromatic rings. The van der Waals surface area contributed by atoms with E-state index in [1.807, 2.05) is 31.2 Å². The molecule has 0 fully saturated rings. The first-order valence-corrected chi connectivity index (χ1v) is 5.26. The number of pyridine rings is 1. The maximum Gasteiger partial charge on any atom is 0.490 e. The minimum atomic E-state index is -1.53. The van der Waals surface area contributed by atoms with Crippen molar-refractivity contribution >= 4 is 18.4 Å². The molecule has 2 rings (SSSR count). The Labute approximate surface area is 99.9 Å². The van der Waals surface area contributed by atoms with Crippen LogP contribution in [-0.4, -0.2) is 22.2 Å². The summed E-state index contributed by atoms with van der Waals surface area (Å²) in [4.78, 5) is 3.96. The summed E-state index contributed by atoms with van der Waals surface area (Å²) >= 11 is 0. The first-order valence-electron chi connectivity index (χ1n) is 5.26. The summed E-state index contributed by atoms with van der Waals surface area (Å²) in [6.45, 7) is 2.00. The fourth-order valence-electron chi connectivity index (χ4n) is 1.60. The monoisotopic (exact) mass is 228 g/mol. The van der Waals surface area contributed by atoms with Crippen LogP contribution in [0, 0.1) is 6.92 Å². The second-order valence-electron chi connectivity index (χ2n) is 3.94. The summed E-state index contributed by atoms with van der Waals surface area (Å²) in [7, 11) is -1.53. The number of aromatic nitrogens is 1. The van der Waals surface area contributed by atoms with E-state index in [4.69, 9.17) is 15.8 Å². The van der Waals surface area contributed by atoms with Gasteiger partial charge < -0.3 is 15.8 Å². The Morgan fingerprint density at radius 3 is 2.41 bits per heavy atom. The lowest BCUT2D eigenvalue weighted by Crippen LogP contribution is -2.30. The smallest absolute Gasteiger partial charge is 0.423 e. The molecule has 0 radical (unpaired) electrons. The van der Waals surface area contributed by atoms with E-state index in [-0.39, 0.29) is 0 Å². The molecule has 17 heavy (non-hydrogen) atoms. The van der Waals surface area contributed by atoms with Gasteiger partial charge in [-0.15, -0.1) is 0 Å². The molecule has 0 bridgehead atoms. The number of rotatable bonds is 2.